The molecular weight excluding hydrogens is 483 g/mol. The predicted molar refractivity (Wildman–Crippen MR) is 136 cm³/mol. The first-order valence-corrected chi connectivity index (χ1v) is 11.8. The summed E-state index contributed by atoms with van der Waals surface area (Å²) in [5.41, 5.74) is 2.63. The van der Waals surface area contributed by atoms with Crippen LogP contribution in [-0.4, -0.2) is 35.6 Å². The van der Waals surface area contributed by atoms with Crippen LogP contribution < -0.4 is 14.8 Å². The molecule has 7 nitrogen and oxygen atoms in total. The number of imide groups is 1. The summed E-state index contributed by atoms with van der Waals surface area (Å²) in [6.07, 6.45) is 1.55. The highest BCUT2D eigenvalue weighted by Gasteiger charge is 2.36. The molecule has 0 atom stereocenters. The van der Waals surface area contributed by atoms with Crippen LogP contribution in [0.25, 0.3) is 6.08 Å². The highest BCUT2D eigenvalue weighted by molar-refractivity contribution is 8.18. The van der Waals surface area contributed by atoms with E-state index in [1.165, 1.54) is 13.2 Å². The molecule has 0 saturated carbocycles. The average Bonchev–Trinajstić information content (AvgIpc) is 3.12. The summed E-state index contributed by atoms with van der Waals surface area (Å²) < 4.78 is 25.0. The Morgan fingerprint density at radius 2 is 1.81 bits per heavy atom. The van der Waals surface area contributed by atoms with Crippen molar-refractivity contribution in [2.75, 3.05) is 19.0 Å². The zero-order chi connectivity index (χ0) is 25.7. The monoisotopic (exact) mass is 506 g/mol. The molecule has 1 aliphatic rings. The van der Waals surface area contributed by atoms with Gasteiger partial charge in [0.15, 0.2) is 11.5 Å². The molecule has 0 bridgehead atoms. The van der Waals surface area contributed by atoms with Gasteiger partial charge in [-0.05, 0) is 60.7 Å². The van der Waals surface area contributed by atoms with Crippen LogP contribution in [0.3, 0.4) is 0 Å². The topological polar surface area (TPSA) is 84.9 Å². The minimum atomic E-state index is -0.553. The molecule has 0 aliphatic carbocycles. The average molecular weight is 507 g/mol. The molecule has 0 aromatic heterocycles. The number of nitrogens with one attached hydrogen (secondary N) is 1. The number of anilines is 1. The summed E-state index contributed by atoms with van der Waals surface area (Å²) in [5.74, 6) is -0.602. The van der Waals surface area contributed by atoms with Gasteiger partial charge in [0.25, 0.3) is 11.1 Å². The molecule has 0 unspecified atom stereocenters. The lowest BCUT2D eigenvalue weighted by Gasteiger charge is -2.13. The van der Waals surface area contributed by atoms with E-state index >= 15 is 0 Å². The van der Waals surface area contributed by atoms with Gasteiger partial charge in [0.05, 0.1) is 12.0 Å². The largest absolute Gasteiger partial charge is 0.493 e. The normalized spacial score (nSPS) is 14.3. The quantitative estimate of drug-likeness (QED) is 0.412. The molecule has 1 fully saturated rings. The Kier molecular flexibility index (Phi) is 7.70. The Morgan fingerprint density at radius 3 is 2.53 bits per heavy atom. The first-order valence-electron chi connectivity index (χ1n) is 11.0. The molecule has 0 radical (unpaired) electrons. The molecule has 1 saturated heterocycles. The standard InChI is InChI=1S/C27H23FN2O5S/c1-17-7-10-20(11-8-17)29-25(31)15-30-26(32)24(36-27(30)33)14-18-9-12-22(23(13-18)34-2)35-16-19-5-3-4-6-21(19)28/h3-14H,15-16H2,1-2H3,(H,29,31)/b24-14+. The van der Waals surface area contributed by atoms with Crippen molar-refractivity contribution in [3.63, 3.8) is 0 Å². The van der Waals surface area contributed by atoms with Crippen molar-refractivity contribution in [3.8, 4) is 11.5 Å². The number of ether oxygens (including phenoxy) is 2. The van der Waals surface area contributed by atoms with E-state index in [0.29, 0.717) is 28.3 Å². The lowest BCUT2D eigenvalue weighted by Crippen LogP contribution is -2.36. The lowest BCUT2D eigenvalue weighted by atomic mass is 10.1. The number of nitrogens with zero attached hydrogens (tertiary/aromatic N) is 1. The number of carbonyl (C=O) groups excluding carboxylic acids is 3. The van der Waals surface area contributed by atoms with Crippen LogP contribution in [0.4, 0.5) is 14.9 Å². The number of hydrogen-bond acceptors (Lipinski definition) is 6. The zero-order valence-corrected chi connectivity index (χ0v) is 20.4. The molecule has 36 heavy (non-hydrogen) atoms. The molecule has 9 heteroatoms. The molecular formula is C27H23FN2O5S. The molecule has 3 aromatic carbocycles. The highest BCUT2D eigenvalue weighted by Crippen LogP contribution is 2.34. The van der Waals surface area contributed by atoms with Gasteiger partial charge in [-0.3, -0.25) is 19.3 Å². The number of thioether (sulfide) groups is 1. The Hall–Kier alpha value is -4.11. The van der Waals surface area contributed by atoms with E-state index in [0.717, 1.165) is 22.2 Å². The van der Waals surface area contributed by atoms with Gasteiger partial charge in [0.1, 0.15) is 19.0 Å². The van der Waals surface area contributed by atoms with Gasteiger partial charge >= 0.3 is 0 Å². The fourth-order valence-corrected chi connectivity index (χ4v) is 4.27. The van der Waals surface area contributed by atoms with Crippen LogP contribution in [-0.2, 0) is 16.2 Å². The fourth-order valence-electron chi connectivity index (χ4n) is 3.43. The van der Waals surface area contributed by atoms with Crippen molar-refractivity contribution in [1.82, 2.24) is 4.90 Å². The van der Waals surface area contributed by atoms with E-state index in [1.54, 1.807) is 54.6 Å². The second-order valence-corrected chi connectivity index (χ2v) is 8.97. The van der Waals surface area contributed by atoms with Gasteiger partial charge in [-0.25, -0.2) is 4.39 Å². The van der Waals surface area contributed by atoms with Crippen molar-refractivity contribution in [3.05, 3.63) is 94.1 Å². The third kappa shape index (κ3) is 5.92. The second-order valence-electron chi connectivity index (χ2n) is 7.97. The van der Waals surface area contributed by atoms with E-state index < -0.39 is 17.1 Å². The molecule has 1 N–H and O–H groups in total. The summed E-state index contributed by atoms with van der Waals surface area (Å²) in [5, 5.41) is 2.16. The number of hydrogen-bond donors (Lipinski definition) is 1. The van der Waals surface area contributed by atoms with Crippen molar-refractivity contribution < 1.29 is 28.2 Å². The van der Waals surface area contributed by atoms with Gasteiger partial charge in [-0.1, -0.05) is 42.0 Å². The minimum absolute atomic E-state index is 0.0198. The van der Waals surface area contributed by atoms with Crippen LogP contribution in [0, 0.1) is 12.7 Å². The number of aryl methyl sites for hydroxylation is 1. The maximum atomic E-state index is 13.9. The maximum Gasteiger partial charge on any atom is 0.294 e. The minimum Gasteiger partial charge on any atom is -0.493 e. The SMILES string of the molecule is COc1cc(/C=C2/SC(=O)N(CC(=O)Nc3ccc(C)cc3)C2=O)ccc1OCc1ccccc1F. The highest BCUT2D eigenvalue weighted by atomic mass is 32.2. The molecule has 1 aliphatic heterocycles. The van der Waals surface area contributed by atoms with E-state index in [-0.39, 0.29) is 23.9 Å². The van der Waals surface area contributed by atoms with E-state index in [4.69, 9.17) is 9.47 Å². The first-order chi connectivity index (χ1) is 17.3. The molecule has 3 amide bonds. The smallest absolute Gasteiger partial charge is 0.294 e. The zero-order valence-electron chi connectivity index (χ0n) is 19.6. The van der Waals surface area contributed by atoms with E-state index in [2.05, 4.69) is 5.32 Å². The number of halogens is 1. The Morgan fingerprint density at radius 1 is 1.06 bits per heavy atom. The van der Waals surface area contributed by atoms with Crippen molar-refractivity contribution >= 4 is 40.6 Å². The van der Waals surface area contributed by atoms with E-state index in [1.807, 2.05) is 19.1 Å². The third-order valence-corrected chi connectivity index (χ3v) is 6.24. The van der Waals surface area contributed by atoms with Crippen LogP contribution in [0.1, 0.15) is 16.7 Å². The van der Waals surface area contributed by atoms with Crippen LogP contribution in [0.15, 0.2) is 71.6 Å². The van der Waals surface area contributed by atoms with Crippen molar-refractivity contribution in [2.45, 2.75) is 13.5 Å². The van der Waals surface area contributed by atoms with Crippen molar-refractivity contribution in [2.24, 2.45) is 0 Å². The summed E-state index contributed by atoms with van der Waals surface area (Å²) in [4.78, 5) is 38.7. The number of rotatable bonds is 8. The first kappa shape index (κ1) is 25.0. The molecule has 0 spiro atoms. The van der Waals surface area contributed by atoms with Gasteiger partial charge in [0.2, 0.25) is 5.91 Å². The fraction of sp³-hybridized carbons (Fsp3) is 0.148. The summed E-state index contributed by atoms with van der Waals surface area (Å²) in [7, 11) is 1.47. The third-order valence-electron chi connectivity index (χ3n) is 5.34. The summed E-state index contributed by atoms with van der Waals surface area (Å²) in [6.45, 7) is 1.56. The predicted octanol–water partition coefficient (Wildman–Crippen LogP) is 5.40. The Labute approximate surface area is 211 Å². The number of benzene rings is 3. The summed E-state index contributed by atoms with van der Waals surface area (Å²) >= 11 is 0.758. The lowest BCUT2D eigenvalue weighted by molar-refractivity contribution is -0.127. The Balaban J connectivity index is 1.43. The molecule has 3 aromatic rings. The molecule has 4 rings (SSSR count). The maximum absolute atomic E-state index is 13.9. The number of carbonyl (C=O) groups is 3. The van der Waals surface area contributed by atoms with Gasteiger partial charge in [-0.2, -0.15) is 0 Å². The van der Waals surface area contributed by atoms with Gasteiger partial charge in [0, 0.05) is 11.3 Å². The van der Waals surface area contributed by atoms with Gasteiger partial charge in [-0.15, -0.1) is 0 Å². The van der Waals surface area contributed by atoms with Crippen LogP contribution in [0.5, 0.6) is 11.5 Å². The van der Waals surface area contributed by atoms with Gasteiger partial charge < -0.3 is 14.8 Å². The Bertz CT molecular complexity index is 1340. The van der Waals surface area contributed by atoms with Crippen LogP contribution in [0.2, 0.25) is 0 Å². The van der Waals surface area contributed by atoms with E-state index in [9.17, 15) is 18.8 Å². The number of methoxy groups -OCH3 is 1. The summed E-state index contributed by atoms with van der Waals surface area (Å²) in [6, 6.07) is 18.5. The van der Waals surface area contributed by atoms with Crippen molar-refractivity contribution in [1.29, 1.82) is 0 Å². The number of amides is 3. The molecule has 184 valence electrons. The van der Waals surface area contributed by atoms with Crippen LogP contribution >= 0.6 is 11.8 Å². The second kappa shape index (κ2) is 11.1. The molecule has 1 heterocycles.